The van der Waals surface area contributed by atoms with Crippen LogP contribution in [0.3, 0.4) is 0 Å². The van der Waals surface area contributed by atoms with Crippen LogP contribution in [0.5, 0.6) is 0 Å². The lowest BCUT2D eigenvalue weighted by molar-refractivity contribution is 0.0387. The van der Waals surface area contributed by atoms with Gasteiger partial charge < -0.3 is 9.47 Å². The van der Waals surface area contributed by atoms with E-state index in [4.69, 9.17) is 9.47 Å². The molecule has 2 amide bonds. The number of rotatable bonds is 2. The van der Waals surface area contributed by atoms with E-state index in [1.165, 1.54) is 16.7 Å². The molecule has 0 rings (SSSR count). The Labute approximate surface area is 143 Å². The maximum atomic E-state index is 12.4. The molecule has 0 unspecified atom stereocenters. The summed E-state index contributed by atoms with van der Waals surface area (Å²) in [5.74, 6) is 0. The van der Waals surface area contributed by atoms with Gasteiger partial charge in [-0.1, -0.05) is 23.9 Å². The number of thioether (sulfide) groups is 1. The Bertz CT molecular complexity index is 473. The number of aliphatic imine (C=N–C) groups is 1. The van der Waals surface area contributed by atoms with Crippen molar-refractivity contribution in [1.29, 1.82) is 0 Å². The summed E-state index contributed by atoms with van der Waals surface area (Å²) in [6.07, 6.45) is 4.02. The molecule has 0 aliphatic carbocycles. The van der Waals surface area contributed by atoms with Gasteiger partial charge in [0.05, 0.1) is 0 Å². The first-order valence-electron chi connectivity index (χ1n) is 7.37. The van der Waals surface area contributed by atoms with E-state index < -0.39 is 23.4 Å². The summed E-state index contributed by atoms with van der Waals surface area (Å²) < 4.78 is 10.5. The lowest BCUT2D eigenvalue weighted by atomic mass is 10.2. The van der Waals surface area contributed by atoms with Gasteiger partial charge in [0.25, 0.3) is 0 Å². The molecule has 7 heteroatoms. The van der Waals surface area contributed by atoms with Crippen LogP contribution in [0, 0.1) is 0 Å². The molecule has 0 atom stereocenters. The van der Waals surface area contributed by atoms with Crippen molar-refractivity contribution < 1.29 is 19.1 Å². The third-order valence-electron chi connectivity index (χ3n) is 2.13. The highest BCUT2D eigenvalue weighted by atomic mass is 32.2. The number of hydrogen-bond acceptors (Lipinski definition) is 5. The van der Waals surface area contributed by atoms with E-state index in [9.17, 15) is 9.59 Å². The van der Waals surface area contributed by atoms with Crippen molar-refractivity contribution in [1.82, 2.24) is 4.90 Å². The zero-order valence-corrected chi connectivity index (χ0v) is 16.1. The number of ether oxygens (including phenoxy) is 2. The van der Waals surface area contributed by atoms with Crippen LogP contribution in [-0.2, 0) is 9.47 Å². The van der Waals surface area contributed by atoms with Crippen LogP contribution in [0.25, 0.3) is 0 Å². The van der Waals surface area contributed by atoms with Gasteiger partial charge in [-0.3, -0.25) is 4.90 Å². The van der Waals surface area contributed by atoms with Crippen LogP contribution in [0.15, 0.2) is 17.1 Å². The Hall–Kier alpha value is -1.50. The van der Waals surface area contributed by atoms with Crippen LogP contribution in [0.1, 0.15) is 48.5 Å². The molecular formula is C16H28N2O4S. The van der Waals surface area contributed by atoms with E-state index in [0.29, 0.717) is 0 Å². The number of carbonyl (C=O) groups is 2. The minimum Gasteiger partial charge on any atom is -0.443 e. The fourth-order valence-electron chi connectivity index (χ4n) is 1.34. The highest BCUT2D eigenvalue weighted by molar-refractivity contribution is 8.13. The molecule has 0 aliphatic rings. The highest BCUT2D eigenvalue weighted by Crippen LogP contribution is 2.15. The molecule has 0 aliphatic heterocycles. The quantitative estimate of drug-likeness (QED) is 0.420. The highest BCUT2D eigenvalue weighted by Gasteiger charge is 2.26. The van der Waals surface area contributed by atoms with Crippen molar-refractivity contribution in [2.45, 2.75) is 59.7 Å². The number of amidine groups is 1. The third-order valence-corrected chi connectivity index (χ3v) is 2.81. The maximum Gasteiger partial charge on any atom is 0.436 e. The predicted octanol–water partition coefficient (Wildman–Crippen LogP) is 4.45. The SMILES string of the molecule is C/C=C/CN(C(=O)OC(C)(C)C)/C(=N/C(=O)OC(C)(C)C)SC. The molecule has 0 spiro atoms. The second kappa shape index (κ2) is 8.96. The lowest BCUT2D eigenvalue weighted by Crippen LogP contribution is -2.40. The Kier molecular flexibility index (Phi) is 8.37. The van der Waals surface area contributed by atoms with Crippen molar-refractivity contribution in [2.75, 3.05) is 12.8 Å². The predicted molar refractivity (Wildman–Crippen MR) is 94.9 cm³/mol. The van der Waals surface area contributed by atoms with Gasteiger partial charge in [0.15, 0.2) is 5.17 Å². The summed E-state index contributed by atoms with van der Waals surface area (Å²) in [7, 11) is 0. The van der Waals surface area contributed by atoms with E-state index in [-0.39, 0.29) is 11.7 Å². The first-order chi connectivity index (χ1) is 10.4. The van der Waals surface area contributed by atoms with Gasteiger partial charge in [-0.05, 0) is 54.7 Å². The van der Waals surface area contributed by atoms with Crippen molar-refractivity contribution in [2.24, 2.45) is 4.99 Å². The fraction of sp³-hybridized carbons (Fsp3) is 0.688. The number of carbonyl (C=O) groups excluding carboxylic acids is 2. The molecule has 0 N–H and O–H groups in total. The summed E-state index contributed by atoms with van der Waals surface area (Å²) >= 11 is 1.18. The summed E-state index contributed by atoms with van der Waals surface area (Å²) in [5, 5.41) is 0.228. The molecule has 0 heterocycles. The topological polar surface area (TPSA) is 68.2 Å². The van der Waals surface area contributed by atoms with E-state index >= 15 is 0 Å². The van der Waals surface area contributed by atoms with Crippen LogP contribution in [0.2, 0.25) is 0 Å². The van der Waals surface area contributed by atoms with Gasteiger partial charge in [0, 0.05) is 6.54 Å². The molecule has 0 saturated heterocycles. The van der Waals surface area contributed by atoms with Gasteiger partial charge >= 0.3 is 12.2 Å². The second-order valence-corrected chi connectivity index (χ2v) is 7.51. The fourth-order valence-corrected chi connectivity index (χ4v) is 1.87. The van der Waals surface area contributed by atoms with Gasteiger partial charge in [0.2, 0.25) is 0 Å². The van der Waals surface area contributed by atoms with E-state index in [2.05, 4.69) is 4.99 Å². The van der Waals surface area contributed by atoms with Crippen molar-refractivity contribution in [3.05, 3.63) is 12.2 Å². The Morgan fingerprint density at radius 3 is 2.00 bits per heavy atom. The van der Waals surface area contributed by atoms with Crippen LogP contribution in [-0.4, -0.2) is 46.3 Å². The summed E-state index contributed by atoms with van der Waals surface area (Å²) in [6, 6.07) is 0. The Morgan fingerprint density at radius 1 is 1.09 bits per heavy atom. The molecule has 0 fully saturated rings. The molecule has 0 aromatic heterocycles. The van der Waals surface area contributed by atoms with Gasteiger partial charge in [-0.15, -0.1) is 0 Å². The summed E-state index contributed by atoms with van der Waals surface area (Å²) in [4.78, 5) is 29.4. The number of hydrogen-bond donors (Lipinski definition) is 0. The van der Waals surface area contributed by atoms with E-state index in [0.717, 1.165) is 0 Å². The van der Waals surface area contributed by atoms with E-state index in [1.54, 1.807) is 53.9 Å². The third kappa shape index (κ3) is 9.99. The Balaban J connectivity index is 5.39. The van der Waals surface area contributed by atoms with Gasteiger partial charge in [-0.25, -0.2) is 9.59 Å². The maximum absolute atomic E-state index is 12.4. The number of amides is 2. The largest absolute Gasteiger partial charge is 0.443 e. The van der Waals surface area contributed by atoms with Crippen LogP contribution in [0.4, 0.5) is 9.59 Å². The number of allylic oxidation sites excluding steroid dienone is 1. The van der Waals surface area contributed by atoms with E-state index in [1.807, 2.05) is 13.0 Å². The molecule has 6 nitrogen and oxygen atoms in total. The zero-order chi connectivity index (χ0) is 18.3. The second-order valence-electron chi connectivity index (χ2n) is 6.74. The Morgan fingerprint density at radius 2 is 1.61 bits per heavy atom. The molecule has 23 heavy (non-hydrogen) atoms. The summed E-state index contributed by atoms with van der Waals surface area (Å²) in [6.45, 7) is 12.7. The van der Waals surface area contributed by atoms with Crippen molar-refractivity contribution >= 4 is 29.1 Å². The first-order valence-corrected chi connectivity index (χ1v) is 8.59. The summed E-state index contributed by atoms with van der Waals surface area (Å²) in [5.41, 5.74) is -1.29. The smallest absolute Gasteiger partial charge is 0.436 e. The molecule has 0 radical (unpaired) electrons. The molecule has 0 bridgehead atoms. The minimum absolute atomic E-state index is 0.228. The average Bonchev–Trinajstić information content (AvgIpc) is 2.33. The molecule has 0 aromatic rings. The molecular weight excluding hydrogens is 316 g/mol. The molecule has 132 valence electrons. The number of nitrogens with zero attached hydrogens (tertiary/aromatic N) is 2. The van der Waals surface area contributed by atoms with Crippen molar-refractivity contribution in [3.63, 3.8) is 0 Å². The first kappa shape index (κ1) is 21.5. The zero-order valence-electron chi connectivity index (χ0n) is 15.3. The minimum atomic E-state index is -0.740. The van der Waals surface area contributed by atoms with Crippen LogP contribution < -0.4 is 0 Å². The van der Waals surface area contributed by atoms with Crippen LogP contribution >= 0.6 is 11.8 Å². The van der Waals surface area contributed by atoms with Gasteiger partial charge in [0.1, 0.15) is 11.2 Å². The normalized spacial score (nSPS) is 13.1. The lowest BCUT2D eigenvalue weighted by Gasteiger charge is -2.26. The molecule has 0 aromatic carbocycles. The monoisotopic (exact) mass is 344 g/mol. The van der Waals surface area contributed by atoms with Crippen molar-refractivity contribution in [3.8, 4) is 0 Å². The molecule has 0 saturated carbocycles. The average molecular weight is 344 g/mol. The standard InChI is InChI=1S/C16H28N2O4S/c1-9-10-11-18(14(20)22-16(5,6)7)12(23-8)17-13(19)21-15(2,3)4/h9-10H,11H2,1-8H3/b10-9+,17-12-. The van der Waals surface area contributed by atoms with Gasteiger partial charge in [-0.2, -0.15) is 4.99 Å².